The second-order valence-electron chi connectivity index (χ2n) is 7.35. The number of para-hydroxylation sites is 1. The summed E-state index contributed by atoms with van der Waals surface area (Å²) in [5, 5.41) is 10.9. The minimum Gasteiger partial charge on any atom is -0.480 e. The predicted molar refractivity (Wildman–Crippen MR) is 106 cm³/mol. The van der Waals surface area contributed by atoms with E-state index in [0.717, 1.165) is 28.4 Å². The molecule has 2 N–H and O–H groups in total. The van der Waals surface area contributed by atoms with Gasteiger partial charge in [0.15, 0.2) is 0 Å². The molecule has 0 spiro atoms. The highest BCUT2D eigenvalue weighted by Gasteiger charge is 2.44. The van der Waals surface area contributed by atoms with Crippen molar-refractivity contribution in [1.29, 1.82) is 0 Å². The summed E-state index contributed by atoms with van der Waals surface area (Å²) in [5.74, 6) is -1.97. The number of ether oxygens (including phenoxy) is 1. The van der Waals surface area contributed by atoms with Crippen molar-refractivity contribution in [3.05, 3.63) is 58.9 Å². The molecule has 29 heavy (non-hydrogen) atoms. The molecule has 2 aromatic rings. The first-order valence-corrected chi connectivity index (χ1v) is 9.51. The molecule has 0 fully saturated rings. The zero-order valence-corrected chi connectivity index (χ0v) is 16.2. The Bertz CT molecular complexity index is 1060. The molecule has 1 aromatic heterocycles. The maximum absolute atomic E-state index is 12.4. The maximum atomic E-state index is 12.4. The zero-order chi connectivity index (χ0) is 20.7. The average molecular weight is 394 g/mol. The highest BCUT2D eigenvalue weighted by Crippen LogP contribution is 2.46. The fourth-order valence-electron chi connectivity index (χ4n) is 4.61. The molecule has 150 valence electrons. The number of aliphatic carboxylic acids is 1. The van der Waals surface area contributed by atoms with Gasteiger partial charge in [-0.25, -0.2) is 9.59 Å². The molecule has 3 atom stereocenters. The summed E-state index contributed by atoms with van der Waals surface area (Å²) in [6, 6.07) is 6.71. The summed E-state index contributed by atoms with van der Waals surface area (Å²) < 4.78 is 4.92. The second-order valence-corrected chi connectivity index (χ2v) is 7.35. The van der Waals surface area contributed by atoms with E-state index in [9.17, 15) is 19.5 Å². The standard InChI is InChI=1S/C22H22N2O5/c1-3-12(11-25)14-8-18-20-15(13-6-4-5-7-17(13)23-20)9-19(21(26)27)24(18)10-16(14)22(28)29-2/h3-7,10-11,14,18-19,23H,8-9H2,1-2H3,(H,26,27)/b12-3+/t14-,18-,19-/m0/s1. The summed E-state index contributed by atoms with van der Waals surface area (Å²) >= 11 is 0. The van der Waals surface area contributed by atoms with E-state index in [2.05, 4.69) is 4.98 Å². The predicted octanol–water partition coefficient (Wildman–Crippen LogP) is 2.74. The molecule has 4 rings (SSSR count). The van der Waals surface area contributed by atoms with Crippen molar-refractivity contribution < 1.29 is 24.2 Å². The van der Waals surface area contributed by atoms with E-state index in [1.54, 1.807) is 24.1 Å². The minimum absolute atomic E-state index is 0.291. The lowest BCUT2D eigenvalue weighted by Gasteiger charge is -2.44. The van der Waals surface area contributed by atoms with Crippen molar-refractivity contribution in [3.63, 3.8) is 0 Å². The number of aldehydes is 1. The molecule has 2 aliphatic rings. The summed E-state index contributed by atoms with van der Waals surface area (Å²) in [6.45, 7) is 1.75. The summed E-state index contributed by atoms with van der Waals surface area (Å²) in [7, 11) is 1.28. The number of hydrogen-bond donors (Lipinski definition) is 2. The van der Waals surface area contributed by atoms with E-state index >= 15 is 0 Å². The first-order valence-electron chi connectivity index (χ1n) is 9.51. The van der Waals surface area contributed by atoms with Crippen LogP contribution in [-0.2, 0) is 25.5 Å². The van der Waals surface area contributed by atoms with Crippen LogP contribution >= 0.6 is 0 Å². The Kier molecular flexibility index (Phi) is 4.74. The number of nitrogens with one attached hydrogen (secondary N) is 1. The van der Waals surface area contributed by atoms with Crippen molar-refractivity contribution in [1.82, 2.24) is 9.88 Å². The summed E-state index contributed by atoms with van der Waals surface area (Å²) in [5.41, 5.74) is 3.65. The quantitative estimate of drug-likeness (QED) is 0.470. The Morgan fingerprint density at radius 1 is 1.31 bits per heavy atom. The highest BCUT2D eigenvalue weighted by atomic mass is 16.5. The van der Waals surface area contributed by atoms with Crippen LogP contribution < -0.4 is 0 Å². The first kappa shape index (κ1) is 19.0. The number of nitrogens with zero attached hydrogens (tertiary/aromatic N) is 1. The number of carboxylic acid groups (broad SMARTS) is 1. The Labute approximate surface area is 167 Å². The van der Waals surface area contributed by atoms with Gasteiger partial charge in [-0.2, -0.15) is 0 Å². The van der Waals surface area contributed by atoms with Gasteiger partial charge in [0.1, 0.15) is 12.3 Å². The molecule has 2 aliphatic heterocycles. The third kappa shape index (κ3) is 2.93. The number of fused-ring (bicyclic) bond motifs is 5. The minimum atomic E-state index is -0.952. The van der Waals surface area contributed by atoms with E-state index in [-0.39, 0.29) is 6.04 Å². The van der Waals surface area contributed by atoms with Crippen molar-refractivity contribution in [2.75, 3.05) is 7.11 Å². The van der Waals surface area contributed by atoms with Gasteiger partial charge in [-0.05, 0) is 30.5 Å². The Hall–Kier alpha value is -3.35. The number of H-pyrrole nitrogens is 1. The molecule has 3 heterocycles. The molecule has 0 unspecified atom stereocenters. The Morgan fingerprint density at radius 3 is 2.72 bits per heavy atom. The van der Waals surface area contributed by atoms with Crippen LogP contribution in [0.4, 0.5) is 0 Å². The van der Waals surface area contributed by atoms with Gasteiger partial charge in [0.25, 0.3) is 0 Å². The smallest absolute Gasteiger partial charge is 0.335 e. The molecular formula is C22H22N2O5. The summed E-state index contributed by atoms with van der Waals surface area (Å²) in [4.78, 5) is 41.3. The number of benzene rings is 1. The van der Waals surface area contributed by atoms with Gasteiger partial charge in [0.2, 0.25) is 0 Å². The van der Waals surface area contributed by atoms with Gasteiger partial charge < -0.3 is 19.7 Å². The zero-order valence-electron chi connectivity index (χ0n) is 16.2. The lowest BCUT2D eigenvalue weighted by atomic mass is 9.78. The van der Waals surface area contributed by atoms with Gasteiger partial charge in [0, 0.05) is 35.1 Å². The molecular weight excluding hydrogens is 372 g/mol. The number of allylic oxidation sites excluding steroid dienone is 2. The van der Waals surface area contributed by atoms with Gasteiger partial charge >= 0.3 is 11.9 Å². The number of rotatable bonds is 4. The number of carboxylic acids is 1. The highest BCUT2D eigenvalue weighted by molar-refractivity contribution is 5.93. The monoisotopic (exact) mass is 394 g/mol. The van der Waals surface area contributed by atoms with Crippen LogP contribution in [0, 0.1) is 5.92 Å². The number of aromatic nitrogens is 1. The van der Waals surface area contributed by atoms with Crippen molar-refractivity contribution in [2.45, 2.75) is 31.8 Å². The second kappa shape index (κ2) is 7.24. The number of carbonyl (C=O) groups is 3. The van der Waals surface area contributed by atoms with E-state index < -0.39 is 23.9 Å². The van der Waals surface area contributed by atoms with Crippen molar-refractivity contribution in [3.8, 4) is 0 Å². The molecule has 7 nitrogen and oxygen atoms in total. The lowest BCUT2D eigenvalue weighted by molar-refractivity contribution is -0.144. The summed E-state index contributed by atoms with van der Waals surface area (Å²) in [6.07, 6.45) is 4.74. The molecule has 0 bridgehead atoms. The van der Waals surface area contributed by atoms with Gasteiger partial charge in [0.05, 0.1) is 18.7 Å². The molecule has 7 heteroatoms. The molecule has 0 amide bonds. The third-order valence-electron chi connectivity index (χ3n) is 6.00. The lowest BCUT2D eigenvalue weighted by Crippen LogP contribution is -2.48. The number of hydrogen-bond acceptors (Lipinski definition) is 5. The number of esters is 1. The van der Waals surface area contributed by atoms with E-state index in [4.69, 9.17) is 4.74 Å². The fourth-order valence-corrected chi connectivity index (χ4v) is 4.61. The average Bonchev–Trinajstić information content (AvgIpc) is 3.11. The maximum Gasteiger partial charge on any atom is 0.335 e. The van der Waals surface area contributed by atoms with Gasteiger partial charge in [-0.1, -0.05) is 24.3 Å². The number of aromatic amines is 1. The first-order chi connectivity index (χ1) is 14.0. The van der Waals surface area contributed by atoms with Crippen molar-refractivity contribution in [2.24, 2.45) is 5.92 Å². The molecule has 0 radical (unpaired) electrons. The van der Waals surface area contributed by atoms with Crippen LogP contribution in [0.3, 0.4) is 0 Å². The van der Waals surface area contributed by atoms with Crippen LogP contribution in [-0.4, -0.2) is 46.4 Å². The molecule has 0 saturated heterocycles. The van der Waals surface area contributed by atoms with Crippen LogP contribution in [0.2, 0.25) is 0 Å². The van der Waals surface area contributed by atoms with Crippen LogP contribution in [0.5, 0.6) is 0 Å². The van der Waals surface area contributed by atoms with Crippen LogP contribution in [0.25, 0.3) is 10.9 Å². The van der Waals surface area contributed by atoms with Crippen LogP contribution in [0.1, 0.15) is 30.6 Å². The number of carbonyl (C=O) groups excluding carboxylic acids is 2. The third-order valence-corrected chi connectivity index (χ3v) is 6.00. The Morgan fingerprint density at radius 2 is 2.07 bits per heavy atom. The van der Waals surface area contributed by atoms with Gasteiger partial charge in [-0.3, -0.25) is 4.79 Å². The van der Waals surface area contributed by atoms with Gasteiger partial charge in [-0.15, -0.1) is 0 Å². The van der Waals surface area contributed by atoms with E-state index in [1.165, 1.54) is 7.11 Å². The largest absolute Gasteiger partial charge is 0.480 e. The molecule has 0 saturated carbocycles. The molecule has 0 aliphatic carbocycles. The van der Waals surface area contributed by atoms with E-state index in [0.29, 0.717) is 24.0 Å². The number of methoxy groups -OCH3 is 1. The fraction of sp³-hybridized carbons (Fsp3) is 0.318. The SMILES string of the molecule is C/C=C(\C=O)[C@@H]1C[C@H]2c3[nH]c4ccccc4c3C[C@@H](C(=O)O)N2C=C1C(=O)OC. The van der Waals surface area contributed by atoms with Crippen LogP contribution in [0.15, 0.2) is 47.7 Å². The van der Waals surface area contributed by atoms with E-state index in [1.807, 2.05) is 24.3 Å². The normalized spacial score (nSPS) is 23.8. The molecule has 1 aromatic carbocycles. The van der Waals surface area contributed by atoms with Crippen molar-refractivity contribution >= 4 is 29.1 Å². The Balaban J connectivity index is 1.91. The topological polar surface area (TPSA) is 99.7 Å².